The first kappa shape index (κ1) is 12.0. The largest absolute Gasteiger partial charge is 0.507 e. The number of aliphatic carboxylic acids is 1. The molecule has 5 N–H and O–H groups in total. The van der Waals surface area contributed by atoms with Crippen molar-refractivity contribution < 1.29 is 24.9 Å². The smallest absolute Gasteiger partial charge is 0.339 e. The molecule has 0 spiro atoms. The molecule has 0 radical (unpaired) electrons. The van der Waals surface area contributed by atoms with Gasteiger partial charge in [-0.3, -0.25) is 4.79 Å². The number of carboxylic acid groups (broad SMARTS) is 2. The molecule has 6 heteroatoms. The van der Waals surface area contributed by atoms with Crippen molar-refractivity contribution in [1.29, 1.82) is 0 Å². The standard InChI is InChI=1S/C10H11NO5/c11-7(10(15)16)4-5-1-2-8(12)6(3-5)9(13)14/h1-3,7,12H,4,11H2,(H,13,14)(H,15,16)/t7-/m0/s1. The summed E-state index contributed by atoms with van der Waals surface area (Å²) in [5, 5.41) is 26.5. The van der Waals surface area contributed by atoms with Gasteiger partial charge in [0.15, 0.2) is 0 Å². The Morgan fingerprint density at radius 3 is 2.44 bits per heavy atom. The van der Waals surface area contributed by atoms with Crippen molar-refractivity contribution in [2.45, 2.75) is 12.5 Å². The van der Waals surface area contributed by atoms with E-state index < -0.39 is 18.0 Å². The molecule has 0 amide bonds. The van der Waals surface area contributed by atoms with E-state index in [2.05, 4.69) is 0 Å². The molecule has 0 bridgehead atoms. The minimum Gasteiger partial charge on any atom is -0.507 e. The third-order valence-corrected chi connectivity index (χ3v) is 2.06. The van der Waals surface area contributed by atoms with Crippen LogP contribution < -0.4 is 5.73 Å². The van der Waals surface area contributed by atoms with Crippen molar-refractivity contribution in [3.63, 3.8) is 0 Å². The second-order valence-corrected chi connectivity index (χ2v) is 3.31. The third-order valence-electron chi connectivity index (χ3n) is 2.06. The molecule has 0 aliphatic rings. The molecule has 0 aromatic heterocycles. The first-order valence-corrected chi connectivity index (χ1v) is 4.45. The number of carboxylic acids is 2. The topological polar surface area (TPSA) is 121 Å². The van der Waals surface area contributed by atoms with Crippen LogP contribution in [-0.2, 0) is 11.2 Å². The number of benzene rings is 1. The van der Waals surface area contributed by atoms with Crippen LogP contribution in [-0.4, -0.2) is 33.3 Å². The monoisotopic (exact) mass is 225 g/mol. The zero-order valence-electron chi connectivity index (χ0n) is 8.25. The van der Waals surface area contributed by atoms with Crippen molar-refractivity contribution in [2.75, 3.05) is 0 Å². The number of hydrogen-bond acceptors (Lipinski definition) is 4. The van der Waals surface area contributed by atoms with Crippen molar-refractivity contribution in [2.24, 2.45) is 5.73 Å². The van der Waals surface area contributed by atoms with Crippen LogP contribution in [0, 0.1) is 0 Å². The highest BCUT2D eigenvalue weighted by Gasteiger charge is 2.15. The van der Waals surface area contributed by atoms with Gasteiger partial charge < -0.3 is 21.1 Å². The second kappa shape index (κ2) is 4.63. The number of nitrogens with two attached hydrogens (primary N) is 1. The average molecular weight is 225 g/mol. The van der Waals surface area contributed by atoms with Crippen molar-refractivity contribution >= 4 is 11.9 Å². The molecule has 1 atom stereocenters. The number of aromatic hydroxyl groups is 1. The van der Waals surface area contributed by atoms with Gasteiger partial charge in [0.25, 0.3) is 0 Å². The van der Waals surface area contributed by atoms with Crippen LogP contribution in [0.15, 0.2) is 18.2 Å². The maximum atomic E-state index is 10.7. The van der Waals surface area contributed by atoms with E-state index in [-0.39, 0.29) is 17.7 Å². The molecule has 86 valence electrons. The Balaban J connectivity index is 2.95. The summed E-state index contributed by atoms with van der Waals surface area (Å²) >= 11 is 0. The molecule has 16 heavy (non-hydrogen) atoms. The quantitative estimate of drug-likeness (QED) is 0.574. The zero-order valence-corrected chi connectivity index (χ0v) is 8.25. The number of carbonyl (C=O) groups is 2. The Labute approximate surface area is 90.9 Å². The lowest BCUT2D eigenvalue weighted by Crippen LogP contribution is -2.32. The summed E-state index contributed by atoms with van der Waals surface area (Å²) in [5.41, 5.74) is 5.48. The van der Waals surface area contributed by atoms with Gasteiger partial charge in [-0.1, -0.05) is 6.07 Å². The summed E-state index contributed by atoms with van der Waals surface area (Å²) in [6, 6.07) is 2.75. The van der Waals surface area contributed by atoms with E-state index in [9.17, 15) is 14.7 Å². The fraction of sp³-hybridized carbons (Fsp3) is 0.200. The highest BCUT2D eigenvalue weighted by atomic mass is 16.4. The van der Waals surface area contributed by atoms with Gasteiger partial charge in [-0.2, -0.15) is 0 Å². The lowest BCUT2D eigenvalue weighted by atomic mass is 10.0. The Morgan fingerprint density at radius 1 is 1.31 bits per heavy atom. The van der Waals surface area contributed by atoms with Gasteiger partial charge in [-0.25, -0.2) is 4.79 Å². The molecule has 0 unspecified atom stereocenters. The summed E-state index contributed by atoms with van der Waals surface area (Å²) in [4.78, 5) is 21.2. The van der Waals surface area contributed by atoms with E-state index in [0.29, 0.717) is 5.56 Å². The molecule has 0 fully saturated rings. The highest BCUT2D eigenvalue weighted by Crippen LogP contribution is 2.19. The minimum absolute atomic E-state index is 0.00981. The van der Waals surface area contributed by atoms with Gasteiger partial charge in [0.2, 0.25) is 0 Å². The van der Waals surface area contributed by atoms with E-state index in [1.165, 1.54) is 18.2 Å². The molecule has 1 rings (SSSR count). The molecule has 1 aromatic rings. The first-order chi connectivity index (χ1) is 7.41. The fourth-order valence-electron chi connectivity index (χ4n) is 1.22. The Kier molecular flexibility index (Phi) is 3.47. The number of rotatable bonds is 4. The third kappa shape index (κ3) is 2.71. The van der Waals surface area contributed by atoms with Gasteiger partial charge in [0.05, 0.1) is 0 Å². The Bertz CT molecular complexity index is 429. The lowest BCUT2D eigenvalue weighted by Gasteiger charge is -2.07. The van der Waals surface area contributed by atoms with Gasteiger partial charge in [-0.05, 0) is 24.1 Å². The van der Waals surface area contributed by atoms with Crippen LogP contribution in [0.4, 0.5) is 0 Å². The van der Waals surface area contributed by atoms with E-state index in [1.54, 1.807) is 0 Å². The number of phenols is 1. The zero-order chi connectivity index (χ0) is 12.3. The molecule has 0 saturated carbocycles. The van der Waals surface area contributed by atoms with E-state index in [4.69, 9.17) is 15.9 Å². The number of aromatic carboxylic acids is 1. The summed E-state index contributed by atoms with van der Waals surface area (Å²) in [5.74, 6) is -2.80. The molecule has 0 aliphatic heterocycles. The minimum atomic E-state index is -1.27. The summed E-state index contributed by atoms with van der Waals surface area (Å²) < 4.78 is 0. The lowest BCUT2D eigenvalue weighted by molar-refractivity contribution is -0.138. The predicted molar refractivity (Wildman–Crippen MR) is 54.4 cm³/mol. The van der Waals surface area contributed by atoms with Crippen LogP contribution in [0.25, 0.3) is 0 Å². The van der Waals surface area contributed by atoms with Crippen LogP contribution in [0.3, 0.4) is 0 Å². The molecular weight excluding hydrogens is 214 g/mol. The van der Waals surface area contributed by atoms with Crippen LogP contribution in [0.1, 0.15) is 15.9 Å². The van der Waals surface area contributed by atoms with Crippen LogP contribution in [0.5, 0.6) is 5.75 Å². The summed E-state index contributed by atoms with van der Waals surface area (Å²) in [6.07, 6.45) is 0.00981. The van der Waals surface area contributed by atoms with Gasteiger partial charge in [-0.15, -0.1) is 0 Å². The molecular formula is C10H11NO5. The van der Waals surface area contributed by atoms with Gasteiger partial charge in [0, 0.05) is 0 Å². The van der Waals surface area contributed by atoms with Crippen molar-refractivity contribution in [3.8, 4) is 5.75 Å². The van der Waals surface area contributed by atoms with Crippen LogP contribution in [0.2, 0.25) is 0 Å². The van der Waals surface area contributed by atoms with Crippen molar-refractivity contribution in [3.05, 3.63) is 29.3 Å². The number of hydrogen-bond donors (Lipinski definition) is 4. The summed E-state index contributed by atoms with van der Waals surface area (Å²) in [6.45, 7) is 0. The predicted octanol–water partition coefficient (Wildman–Crippen LogP) is 0.0448. The van der Waals surface area contributed by atoms with E-state index in [0.717, 1.165) is 0 Å². The first-order valence-electron chi connectivity index (χ1n) is 4.45. The Hall–Kier alpha value is -2.08. The molecule has 1 aromatic carbocycles. The maximum absolute atomic E-state index is 10.7. The van der Waals surface area contributed by atoms with E-state index in [1.807, 2.05) is 0 Å². The van der Waals surface area contributed by atoms with Gasteiger partial charge in [0.1, 0.15) is 17.4 Å². The maximum Gasteiger partial charge on any atom is 0.339 e. The fourth-order valence-corrected chi connectivity index (χ4v) is 1.22. The van der Waals surface area contributed by atoms with Crippen LogP contribution >= 0.6 is 0 Å². The molecule has 0 saturated heterocycles. The highest BCUT2D eigenvalue weighted by molar-refractivity contribution is 5.91. The van der Waals surface area contributed by atoms with Gasteiger partial charge >= 0.3 is 11.9 Å². The SMILES string of the molecule is N[C@@H](Cc1ccc(O)c(C(=O)O)c1)C(=O)O. The van der Waals surface area contributed by atoms with Crippen molar-refractivity contribution in [1.82, 2.24) is 0 Å². The molecule has 6 nitrogen and oxygen atoms in total. The second-order valence-electron chi connectivity index (χ2n) is 3.31. The Morgan fingerprint density at radius 2 is 1.94 bits per heavy atom. The average Bonchev–Trinajstić information content (AvgIpc) is 2.20. The molecule has 0 heterocycles. The summed E-state index contributed by atoms with van der Waals surface area (Å²) in [7, 11) is 0. The molecule has 0 aliphatic carbocycles. The van der Waals surface area contributed by atoms with E-state index >= 15 is 0 Å². The normalized spacial score (nSPS) is 12.1.